The summed E-state index contributed by atoms with van der Waals surface area (Å²) in [6.07, 6.45) is 5.86. The zero-order valence-electron chi connectivity index (χ0n) is 12.4. The zero-order valence-corrected chi connectivity index (χ0v) is 12.4. The first-order valence-electron chi connectivity index (χ1n) is 7.89. The molecule has 1 aliphatic carbocycles. The lowest BCUT2D eigenvalue weighted by Gasteiger charge is -2.51. The Bertz CT molecular complexity index is 639. The molecule has 4 nitrogen and oxygen atoms in total. The number of hydrogen-bond acceptors (Lipinski definition) is 3. The number of rotatable bonds is 2. The Labute approximate surface area is 129 Å². The number of carbonyl (C=O) groups excluding carboxylic acids is 2. The molecule has 1 aromatic rings. The summed E-state index contributed by atoms with van der Waals surface area (Å²) in [7, 11) is 0. The van der Waals surface area contributed by atoms with E-state index in [4.69, 9.17) is 4.74 Å². The second-order valence-corrected chi connectivity index (χ2v) is 6.42. The molecule has 0 radical (unpaired) electrons. The summed E-state index contributed by atoms with van der Waals surface area (Å²) in [6, 6.07) is 10.2. The number of benzene rings is 1. The highest BCUT2D eigenvalue weighted by atomic mass is 16.5. The monoisotopic (exact) mass is 297 g/mol. The van der Waals surface area contributed by atoms with E-state index >= 15 is 0 Å². The molecule has 1 amide bonds. The van der Waals surface area contributed by atoms with Crippen molar-refractivity contribution in [3.05, 3.63) is 48.0 Å². The SMILES string of the molecule is O=C1C=C[C@@]23CCC(=O)N2[C@@H](Cc2ccccc2)CO[C@H]3C1. The highest BCUT2D eigenvalue weighted by Gasteiger charge is 2.56. The van der Waals surface area contributed by atoms with Gasteiger partial charge in [0.2, 0.25) is 5.91 Å². The Hall–Kier alpha value is -1.94. The largest absolute Gasteiger partial charge is 0.373 e. The van der Waals surface area contributed by atoms with Crippen LogP contribution in [0.3, 0.4) is 0 Å². The van der Waals surface area contributed by atoms with Gasteiger partial charge in [-0.15, -0.1) is 0 Å². The van der Waals surface area contributed by atoms with Gasteiger partial charge in [0.1, 0.15) is 0 Å². The van der Waals surface area contributed by atoms with Gasteiger partial charge in [0, 0.05) is 12.8 Å². The van der Waals surface area contributed by atoms with Crippen molar-refractivity contribution >= 4 is 11.7 Å². The summed E-state index contributed by atoms with van der Waals surface area (Å²) in [5.41, 5.74) is 0.808. The predicted octanol–water partition coefficient (Wildman–Crippen LogP) is 1.89. The van der Waals surface area contributed by atoms with Crippen LogP contribution in [0.2, 0.25) is 0 Å². The number of amides is 1. The lowest BCUT2D eigenvalue weighted by atomic mass is 9.79. The van der Waals surface area contributed by atoms with E-state index in [0.29, 0.717) is 19.4 Å². The number of ketones is 1. The van der Waals surface area contributed by atoms with Crippen LogP contribution in [-0.2, 0) is 20.7 Å². The van der Waals surface area contributed by atoms with E-state index in [2.05, 4.69) is 12.1 Å². The molecule has 4 heteroatoms. The highest BCUT2D eigenvalue weighted by Crippen LogP contribution is 2.44. The smallest absolute Gasteiger partial charge is 0.223 e. The lowest BCUT2D eigenvalue weighted by molar-refractivity contribution is -0.160. The molecular weight excluding hydrogens is 278 g/mol. The molecule has 1 aromatic carbocycles. The molecule has 0 bridgehead atoms. The van der Waals surface area contributed by atoms with Gasteiger partial charge in [0.25, 0.3) is 0 Å². The Morgan fingerprint density at radius 1 is 1.23 bits per heavy atom. The molecule has 3 atom stereocenters. The van der Waals surface area contributed by atoms with Crippen LogP contribution in [-0.4, -0.2) is 40.9 Å². The Morgan fingerprint density at radius 2 is 2.05 bits per heavy atom. The summed E-state index contributed by atoms with van der Waals surface area (Å²) in [6.45, 7) is 0.508. The first-order valence-corrected chi connectivity index (χ1v) is 7.89. The van der Waals surface area contributed by atoms with Crippen LogP contribution in [0, 0.1) is 0 Å². The molecule has 0 N–H and O–H groups in total. The quantitative estimate of drug-likeness (QED) is 0.837. The van der Waals surface area contributed by atoms with E-state index in [1.165, 1.54) is 5.56 Å². The van der Waals surface area contributed by atoms with Crippen LogP contribution in [0.5, 0.6) is 0 Å². The van der Waals surface area contributed by atoms with Crippen molar-refractivity contribution in [1.29, 1.82) is 0 Å². The van der Waals surface area contributed by atoms with E-state index in [1.54, 1.807) is 6.08 Å². The topological polar surface area (TPSA) is 46.6 Å². The minimum atomic E-state index is -0.400. The van der Waals surface area contributed by atoms with Crippen molar-refractivity contribution in [2.45, 2.75) is 43.4 Å². The highest BCUT2D eigenvalue weighted by molar-refractivity contribution is 5.93. The van der Waals surface area contributed by atoms with Crippen molar-refractivity contribution in [3.8, 4) is 0 Å². The summed E-state index contributed by atoms with van der Waals surface area (Å²) in [5.74, 6) is 0.282. The third-order valence-electron chi connectivity index (χ3n) is 5.13. The van der Waals surface area contributed by atoms with Crippen molar-refractivity contribution in [2.75, 3.05) is 6.61 Å². The minimum Gasteiger partial charge on any atom is -0.373 e. The van der Waals surface area contributed by atoms with E-state index in [1.807, 2.05) is 29.2 Å². The Morgan fingerprint density at radius 3 is 2.86 bits per heavy atom. The molecular formula is C18H19NO3. The maximum Gasteiger partial charge on any atom is 0.223 e. The molecule has 2 heterocycles. The van der Waals surface area contributed by atoms with Gasteiger partial charge in [0.05, 0.1) is 24.3 Å². The average molecular weight is 297 g/mol. The molecule has 4 rings (SSSR count). The number of morpholine rings is 1. The third-order valence-corrected chi connectivity index (χ3v) is 5.13. The van der Waals surface area contributed by atoms with Crippen LogP contribution in [0.25, 0.3) is 0 Å². The standard InChI is InChI=1S/C18H19NO3/c20-15-6-8-18-9-7-17(21)19(18)14(12-22-16(18)11-15)10-13-4-2-1-3-5-13/h1-6,8,14,16H,7,9-12H2/t14-,16-,18-/m0/s1. The number of hydrogen-bond donors (Lipinski definition) is 0. The molecule has 0 unspecified atom stereocenters. The van der Waals surface area contributed by atoms with Crippen molar-refractivity contribution in [1.82, 2.24) is 4.90 Å². The van der Waals surface area contributed by atoms with E-state index < -0.39 is 5.54 Å². The molecule has 22 heavy (non-hydrogen) atoms. The van der Waals surface area contributed by atoms with Gasteiger partial charge in [-0.05, 0) is 24.5 Å². The van der Waals surface area contributed by atoms with Gasteiger partial charge >= 0.3 is 0 Å². The fraction of sp³-hybridized carbons (Fsp3) is 0.444. The van der Waals surface area contributed by atoms with Gasteiger partial charge in [-0.3, -0.25) is 9.59 Å². The van der Waals surface area contributed by atoms with Crippen molar-refractivity contribution < 1.29 is 14.3 Å². The maximum absolute atomic E-state index is 12.5. The summed E-state index contributed by atoms with van der Waals surface area (Å²) in [5, 5.41) is 0. The average Bonchev–Trinajstić information content (AvgIpc) is 2.87. The lowest BCUT2D eigenvalue weighted by Crippen LogP contribution is -2.64. The van der Waals surface area contributed by atoms with Crippen LogP contribution in [0.1, 0.15) is 24.8 Å². The summed E-state index contributed by atoms with van der Waals surface area (Å²) in [4.78, 5) is 26.2. The first-order chi connectivity index (χ1) is 10.7. The molecule has 2 fully saturated rings. The van der Waals surface area contributed by atoms with Crippen LogP contribution >= 0.6 is 0 Å². The molecule has 2 aliphatic heterocycles. The number of carbonyl (C=O) groups is 2. The van der Waals surface area contributed by atoms with Crippen molar-refractivity contribution in [2.24, 2.45) is 0 Å². The van der Waals surface area contributed by atoms with E-state index in [-0.39, 0.29) is 23.8 Å². The van der Waals surface area contributed by atoms with Crippen LogP contribution in [0.15, 0.2) is 42.5 Å². The van der Waals surface area contributed by atoms with Gasteiger partial charge in [-0.25, -0.2) is 0 Å². The number of ether oxygens (including phenoxy) is 1. The molecule has 2 saturated heterocycles. The van der Waals surface area contributed by atoms with Crippen LogP contribution in [0.4, 0.5) is 0 Å². The maximum atomic E-state index is 12.5. The van der Waals surface area contributed by atoms with Gasteiger partial charge in [0.15, 0.2) is 5.78 Å². The fourth-order valence-electron chi connectivity index (χ4n) is 4.12. The number of nitrogens with zero attached hydrogens (tertiary/aromatic N) is 1. The van der Waals surface area contributed by atoms with E-state index in [9.17, 15) is 9.59 Å². The normalized spacial score (nSPS) is 33.7. The molecule has 1 spiro atoms. The Kier molecular flexibility index (Phi) is 3.15. The van der Waals surface area contributed by atoms with E-state index in [0.717, 1.165) is 12.8 Å². The van der Waals surface area contributed by atoms with Crippen LogP contribution < -0.4 is 0 Å². The zero-order chi connectivity index (χ0) is 15.2. The Balaban J connectivity index is 1.67. The van der Waals surface area contributed by atoms with Gasteiger partial charge in [-0.1, -0.05) is 36.4 Å². The van der Waals surface area contributed by atoms with Gasteiger partial charge in [-0.2, -0.15) is 0 Å². The number of allylic oxidation sites excluding steroid dienone is 1. The second kappa shape index (κ2) is 5.06. The molecule has 0 saturated carbocycles. The van der Waals surface area contributed by atoms with Crippen molar-refractivity contribution in [3.63, 3.8) is 0 Å². The molecule has 0 aromatic heterocycles. The second-order valence-electron chi connectivity index (χ2n) is 6.42. The first kappa shape index (κ1) is 13.7. The predicted molar refractivity (Wildman–Crippen MR) is 81.2 cm³/mol. The molecule has 3 aliphatic rings. The summed E-state index contributed by atoms with van der Waals surface area (Å²) >= 11 is 0. The molecule has 114 valence electrons. The summed E-state index contributed by atoms with van der Waals surface area (Å²) < 4.78 is 6.02. The van der Waals surface area contributed by atoms with Gasteiger partial charge < -0.3 is 9.64 Å². The fourth-order valence-corrected chi connectivity index (χ4v) is 4.12. The minimum absolute atomic E-state index is 0.0477. The third kappa shape index (κ3) is 2.02.